The molecule has 0 atom stereocenters. The molecule has 1 aromatic carbocycles. The third-order valence-corrected chi connectivity index (χ3v) is 6.81. The highest BCUT2D eigenvalue weighted by atomic mass is 79.9. The van der Waals surface area contributed by atoms with Gasteiger partial charge < -0.3 is 4.74 Å². The third kappa shape index (κ3) is 5.37. The number of aromatic nitrogens is 1. The summed E-state index contributed by atoms with van der Waals surface area (Å²) in [6.45, 7) is 2.01. The van der Waals surface area contributed by atoms with Gasteiger partial charge in [-0.2, -0.15) is 0 Å². The normalized spacial score (nSPS) is 13.9. The van der Waals surface area contributed by atoms with Gasteiger partial charge >= 0.3 is 5.97 Å². The molecule has 0 spiro atoms. The maximum absolute atomic E-state index is 12.6. The van der Waals surface area contributed by atoms with Crippen molar-refractivity contribution >= 4 is 54.3 Å². The van der Waals surface area contributed by atoms with Gasteiger partial charge in [0.2, 0.25) is 10.0 Å². The van der Waals surface area contributed by atoms with E-state index in [0.29, 0.717) is 15.3 Å². The fourth-order valence-electron chi connectivity index (χ4n) is 2.30. The number of carbonyl (C=O) groups is 2. The zero-order chi connectivity index (χ0) is 20.3. The van der Waals surface area contributed by atoms with Crippen LogP contribution in [0.15, 0.2) is 32.9 Å². The second-order valence-corrected chi connectivity index (χ2v) is 9.54. The fourth-order valence-corrected chi connectivity index (χ4v) is 4.77. The first kappa shape index (κ1) is 20.9. The molecule has 2 N–H and O–H groups in total. The van der Waals surface area contributed by atoms with Gasteiger partial charge in [0.15, 0.2) is 5.13 Å². The summed E-state index contributed by atoms with van der Waals surface area (Å²) in [6, 6.07) is 4.24. The molecule has 0 bridgehead atoms. The Kier molecular flexibility index (Phi) is 6.48. The number of carbonyl (C=O) groups excluding carboxylic acids is 2. The van der Waals surface area contributed by atoms with Crippen molar-refractivity contribution in [3.05, 3.63) is 39.3 Å². The minimum Gasteiger partial charge on any atom is -0.466 e. The zero-order valence-electron chi connectivity index (χ0n) is 14.9. The molecule has 1 aliphatic carbocycles. The van der Waals surface area contributed by atoms with E-state index in [-0.39, 0.29) is 29.5 Å². The molecule has 0 unspecified atom stereocenters. The number of amides is 1. The van der Waals surface area contributed by atoms with Crippen LogP contribution in [0.4, 0.5) is 5.13 Å². The van der Waals surface area contributed by atoms with Crippen LogP contribution < -0.4 is 10.0 Å². The first-order valence-electron chi connectivity index (χ1n) is 8.51. The fraction of sp³-hybridized carbons (Fsp3) is 0.353. The summed E-state index contributed by atoms with van der Waals surface area (Å²) in [5, 5.41) is 4.59. The van der Waals surface area contributed by atoms with Gasteiger partial charge in [-0.15, -0.1) is 11.3 Å². The highest BCUT2D eigenvalue weighted by Crippen LogP contribution is 2.26. The first-order chi connectivity index (χ1) is 13.3. The van der Waals surface area contributed by atoms with Crippen molar-refractivity contribution in [2.45, 2.75) is 37.1 Å². The number of halogens is 1. The number of nitrogens with one attached hydrogen (secondary N) is 2. The number of thiazole rings is 1. The second-order valence-electron chi connectivity index (χ2n) is 6.12. The Morgan fingerprint density at radius 3 is 2.79 bits per heavy atom. The highest BCUT2D eigenvalue weighted by Gasteiger charge is 2.28. The lowest BCUT2D eigenvalue weighted by atomic mass is 10.2. The van der Waals surface area contributed by atoms with Gasteiger partial charge in [-0.25, -0.2) is 18.1 Å². The Bertz CT molecular complexity index is 1000. The van der Waals surface area contributed by atoms with E-state index in [9.17, 15) is 18.0 Å². The molecule has 0 aliphatic heterocycles. The van der Waals surface area contributed by atoms with Gasteiger partial charge in [-0.1, -0.05) is 0 Å². The third-order valence-electron chi connectivity index (χ3n) is 3.79. The number of rotatable bonds is 8. The topological polar surface area (TPSA) is 114 Å². The molecule has 11 heteroatoms. The number of nitrogens with zero attached hydrogens (tertiary/aromatic N) is 1. The maximum atomic E-state index is 12.6. The van der Waals surface area contributed by atoms with E-state index < -0.39 is 21.9 Å². The molecule has 1 heterocycles. The molecule has 0 saturated heterocycles. The zero-order valence-corrected chi connectivity index (χ0v) is 18.1. The standard InChI is InChI=1S/C17H18BrN3O5S2/c1-2-26-15(22)7-11-9-27-17(19-11)20-16(23)13-8-12(5-6-14(13)18)28(24,25)21-10-3-4-10/h5-6,8-10,21H,2-4,7H2,1H3,(H,19,20,23). The van der Waals surface area contributed by atoms with Gasteiger partial charge in [0.25, 0.3) is 5.91 Å². The highest BCUT2D eigenvalue weighted by molar-refractivity contribution is 9.10. The SMILES string of the molecule is CCOC(=O)Cc1csc(NC(=O)c2cc(S(=O)(=O)NC3CC3)ccc2Br)n1. The Morgan fingerprint density at radius 2 is 2.11 bits per heavy atom. The molecule has 1 aromatic heterocycles. The van der Waals surface area contributed by atoms with Crippen molar-refractivity contribution in [3.63, 3.8) is 0 Å². The lowest BCUT2D eigenvalue weighted by Gasteiger charge is -2.09. The number of esters is 1. The molecule has 1 saturated carbocycles. The minimum absolute atomic E-state index is 0.0183. The van der Waals surface area contributed by atoms with E-state index >= 15 is 0 Å². The summed E-state index contributed by atoms with van der Waals surface area (Å²) in [7, 11) is -3.67. The number of anilines is 1. The monoisotopic (exact) mass is 487 g/mol. The summed E-state index contributed by atoms with van der Waals surface area (Å²) in [5.74, 6) is -0.901. The van der Waals surface area contributed by atoms with Crippen LogP contribution in [0, 0.1) is 0 Å². The summed E-state index contributed by atoms with van der Waals surface area (Å²) in [4.78, 5) is 28.3. The van der Waals surface area contributed by atoms with E-state index in [1.54, 1.807) is 12.3 Å². The number of benzene rings is 1. The molecule has 8 nitrogen and oxygen atoms in total. The average molecular weight is 488 g/mol. The largest absolute Gasteiger partial charge is 0.466 e. The molecule has 0 radical (unpaired) electrons. The van der Waals surface area contributed by atoms with Crippen LogP contribution in [-0.2, 0) is 26.0 Å². The molecule has 1 amide bonds. The molecule has 1 aliphatic rings. The van der Waals surface area contributed by atoms with Gasteiger partial charge in [-0.3, -0.25) is 14.9 Å². The van der Waals surface area contributed by atoms with E-state index in [0.717, 1.165) is 12.8 Å². The van der Waals surface area contributed by atoms with Gasteiger partial charge in [-0.05, 0) is 53.9 Å². The lowest BCUT2D eigenvalue weighted by molar-refractivity contribution is -0.142. The van der Waals surface area contributed by atoms with Crippen molar-refractivity contribution in [1.82, 2.24) is 9.71 Å². The van der Waals surface area contributed by atoms with Crippen LogP contribution in [0.1, 0.15) is 35.8 Å². The van der Waals surface area contributed by atoms with Crippen LogP contribution >= 0.6 is 27.3 Å². The van der Waals surface area contributed by atoms with Gasteiger partial charge in [0.05, 0.1) is 29.2 Å². The smallest absolute Gasteiger partial charge is 0.311 e. The van der Waals surface area contributed by atoms with E-state index in [1.807, 2.05) is 0 Å². The van der Waals surface area contributed by atoms with Crippen molar-refractivity contribution < 1.29 is 22.7 Å². The van der Waals surface area contributed by atoms with Gasteiger partial charge in [0.1, 0.15) is 0 Å². The Hall–Kier alpha value is -1.82. The first-order valence-corrected chi connectivity index (χ1v) is 11.7. The molecule has 3 rings (SSSR count). The minimum atomic E-state index is -3.67. The van der Waals surface area contributed by atoms with E-state index in [4.69, 9.17) is 4.74 Å². The Labute approximate surface area is 174 Å². The Morgan fingerprint density at radius 1 is 1.36 bits per heavy atom. The number of sulfonamides is 1. The second kappa shape index (κ2) is 8.68. The van der Waals surface area contributed by atoms with Crippen LogP contribution in [-0.4, -0.2) is 37.9 Å². The Balaban J connectivity index is 1.73. The summed E-state index contributed by atoms with van der Waals surface area (Å²) in [6.07, 6.45) is 1.66. The molecular weight excluding hydrogens is 470 g/mol. The van der Waals surface area contributed by atoms with Crippen molar-refractivity contribution in [2.24, 2.45) is 0 Å². The summed E-state index contributed by atoms with van der Waals surface area (Å²) < 4.78 is 32.7. The van der Waals surface area contributed by atoms with Crippen molar-refractivity contribution in [1.29, 1.82) is 0 Å². The molecule has 150 valence electrons. The summed E-state index contributed by atoms with van der Waals surface area (Å²) in [5.41, 5.74) is 0.656. The molecular formula is C17H18BrN3O5S2. The summed E-state index contributed by atoms with van der Waals surface area (Å²) >= 11 is 4.44. The van der Waals surface area contributed by atoms with Crippen molar-refractivity contribution in [2.75, 3.05) is 11.9 Å². The lowest BCUT2D eigenvalue weighted by Crippen LogP contribution is -2.26. The average Bonchev–Trinajstić information content (AvgIpc) is 3.32. The number of hydrogen-bond donors (Lipinski definition) is 2. The van der Waals surface area contributed by atoms with Gasteiger partial charge in [0, 0.05) is 15.9 Å². The van der Waals surface area contributed by atoms with Crippen LogP contribution in [0.2, 0.25) is 0 Å². The van der Waals surface area contributed by atoms with Crippen LogP contribution in [0.3, 0.4) is 0 Å². The molecule has 1 fully saturated rings. The van der Waals surface area contributed by atoms with E-state index in [1.165, 1.54) is 29.5 Å². The maximum Gasteiger partial charge on any atom is 0.311 e. The van der Waals surface area contributed by atoms with Crippen LogP contribution in [0.25, 0.3) is 0 Å². The number of ether oxygens (including phenoxy) is 1. The van der Waals surface area contributed by atoms with Crippen LogP contribution in [0.5, 0.6) is 0 Å². The quantitative estimate of drug-likeness (QED) is 0.553. The van der Waals surface area contributed by atoms with E-state index in [2.05, 4.69) is 31.0 Å². The number of hydrogen-bond acceptors (Lipinski definition) is 7. The van der Waals surface area contributed by atoms with Crippen molar-refractivity contribution in [3.8, 4) is 0 Å². The predicted molar refractivity (Wildman–Crippen MR) is 108 cm³/mol. The predicted octanol–water partition coefficient (Wildman–Crippen LogP) is 2.70. The molecule has 28 heavy (non-hydrogen) atoms. The molecule has 2 aromatic rings.